The summed E-state index contributed by atoms with van der Waals surface area (Å²) >= 11 is 0. The molecule has 0 fully saturated rings. The molecule has 1 radical (unpaired) electrons. The molecular formula is C59H63IrN3OSi2-2. The van der Waals surface area contributed by atoms with E-state index < -0.39 is 16.1 Å². The molecule has 339 valence electrons. The Morgan fingerprint density at radius 3 is 1.91 bits per heavy atom. The fraction of sp³-hybridized carbons (Fsp3) is 0.254. The first-order chi connectivity index (χ1) is 31.1. The van der Waals surface area contributed by atoms with Crippen LogP contribution in [0.1, 0.15) is 70.1 Å². The summed E-state index contributed by atoms with van der Waals surface area (Å²) < 4.78 is 8.51. The third-order valence-corrected chi connectivity index (χ3v) is 18.3. The molecule has 4 nitrogen and oxygen atoms in total. The van der Waals surface area contributed by atoms with Crippen LogP contribution in [0, 0.1) is 18.2 Å². The number of pyridine rings is 1. The average Bonchev–Trinajstić information content (AvgIpc) is 3.90. The molecule has 0 spiro atoms. The van der Waals surface area contributed by atoms with Crippen molar-refractivity contribution < 1.29 is 24.5 Å². The van der Waals surface area contributed by atoms with Crippen LogP contribution in [-0.2, 0) is 26.5 Å². The largest absolute Gasteiger partial charge is 0.557 e. The Morgan fingerprint density at radius 1 is 0.652 bits per heavy atom. The van der Waals surface area contributed by atoms with Crippen LogP contribution in [0.4, 0.5) is 0 Å². The van der Waals surface area contributed by atoms with E-state index in [4.69, 9.17) is 9.40 Å². The number of aromatic nitrogens is 3. The van der Waals surface area contributed by atoms with E-state index in [2.05, 4.69) is 230 Å². The SMILES string of the molecule is CC(C)Cc1cc(-c2[c-]cccc2)ncc1[Si](C)(C)C.CC(C)c1cc(-c2ccccc2)cc(C(C)C)c1-n1c(-c2[c-]oc3ccc([Si](C)(C)c4ccccc4)cc23)nc2ccccc21.[Ir]. The van der Waals surface area contributed by atoms with Crippen LogP contribution in [0.5, 0.6) is 0 Å². The minimum Gasteiger partial charge on any atom is -0.557 e. The molecule has 0 bridgehead atoms. The topological polar surface area (TPSA) is 43.9 Å². The molecule has 0 atom stereocenters. The quantitative estimate of drug-likeness (QED) is 0.0958. The Labute approximate surface area is 409 Å². The van der Waals surface area contributed by atoms with E-state index >= 15 is 0 Å². The molecule has 0 aliphatic carbocycles. The van der Waals surface area contributed by atoms with Crippen LogP contribution in [0.3, 0.4) is 0 Å². The monoisotopic (exact) mass is 1080 g/mol. The molecule has 0 aliphatic rings. The number of furan rings is 1. The second-order valence-electron chi connectivity index (χ2n) is 20.1. The molecule has 3 aromatic heterocycles. The van der Waals surface area contributed by atoms with E-state index in [1.165, 1.54) is 49.1 Å². The maximum atomic E-state index is 6.13. The molecule has 7 heteroatoms. The van der Waals surface area contributed by atoms with E-state index in [-0.39, 0.29) is 20.1 Å². The predicted molar refractivity (Wildman–Crippen MR) is 282 cm³/mol. The van der Waals surface area contributed by atoms with Gasteiger partial charge in [0.25, 0.3) is 0 Å². The zero-order chi connectivity index (χ0) is 46.0. The molecule has 66 heavy (non-hydrogen) atoms. The molecule has 0 N–H and O–H groups in total. The average molecular weight is 1080 g/mol. The van der Waals surface area contributed by atoms with Crippen molar-refractivity contribution in [1.29, 1.82) is 0 Å². The van der Waals surface area contributed by atoms with Gasteiger partial charge in [0.1, 0.15) is 8.07 Å². The van der Waals surface area contributed by atoms with Crippen molar-refractivity contribution in [3.05, 3.63) is 181 Å². The third kappa shape index (κ3) is 10.1. The number of fused-ring (bicyclic) bond motifs is 2. The van der Waals surface area contributed by atoms with Gasteiger partial charge in [0.15, 0.2) is 0 Å². The molecule has 0 amide bonds. The molecule has 0 saturated carbocycles. The summed E-state index contributed by atoms with van der Waals surface area (Å²) in [5.74, 6) is 2.12. The van der Waals surface area contributed by atoms with Gasteiger partial charge in [-0.05, 0) is 81.6 Å². The van der Waals surface area contributed by atoms with Crippen molar-refractivity contribution in [1.82, 2.24) is 14.5 Å². The zero-order valence-corrected chi connectivity index (χ0v) is 44.9. The van der Waals surface area contributed by atoms with Gasteiger partial charge in [-0.25, -0.2) is 0 Å². The van der Waals surface area contributed by atoms with Crippen LogP contribution in [0.25, 0.3) is 61.5 Å². The van der Waals surface area contributed by atoms with Crippen LogP contribution in [0.2, 0.25) is 32.7 Å². The molecule has 9 rings (SSSR count). The van der Waals surface area contributed by atoms with Crippen LogP contribution >= 0.6 is 0 Å². The zero-order valence-electron chi connectivity index (χ0n) is 40.5. The number of nitrogens with zero attached hydrogens (tertiary/aromatic N) is 3. The number of para-hydroxylation sites is 2. The van der Waals surface area contributed by atoms with E-state index in [0.29, 0.717) is 17.8 Å². The van der Waals surface area contributed by atoms with Gasteiger partial charge < -0.3 is 14.0 Å². The first-order valence-corrected chi connectivity index (χ1v) is 29.8. The summed E-state index contributed by atoms with van der Waals surface area (Å²) in [5.41, 5.74) is 13.7. The normalized spacial score (nSPS) is 11.9. The second-order valence-corrected chi connectivity index (χ2v) is 29.5. The summed E-state index contributed by atoms with van der Waals surface area (Å²) in [6, 6.07) is 55.1. The second kappa shape index (κ2) is 20.2. The van der Waals surface area contributed by atoms with Crippen molar-refractivity contribution in [2.24, 2.45) is 5.92 Å². The Bertz CT molecular complexity index is 3030. The summed E-state index contributed by atoms with van der Waals surface area (Å²) in [7, 11) is -3.29. The van der Waals surface area contributed by atoms with Crippen molar-refractivity contribution in [2.75, 3.05) is 0 Å². The molecule has 3 heterocycles. The Kier molecular flexibility index (Phi) is 14.8. The summed E-state index contributed by atoms with van der Waals surface area (Å²) in [6.07, 6.45) is 6.55. The Morgan fingerprint density at radius 2 is 1.29 bits per heavy atom. The van der Waals surface area contributed by atoms with Crippen molar-refractivity contribution >= 4 is 53.7 Å². The maximum Gasteiger partial charge on any atom is 0.111 e. The van der Waals surface area contributed by atoms with Crippen LogP contribution < -0.4 is 15.6 Å². The Balaban J connectivity index is 0.000000260. The number of imidazole rings is 1. The molecule has 9 aromatic rings. The molecule has 0 unspecified atom stereocenters. The predicted octanol–water partition coefficient (Wildman–Crippen LogP) is 14.3. The summed E-state index contributed by atoms with van der Waals surface area (Å²) in [5, 5.41) is 5.31. The summed E-state index contributed by atoms with van der Waals surface area (Å²) in [6.45, 7) is 25.7. The van der Waals surface area contributed by atoms with E-state index in [9.17, 15) is 0 Å². The number of hydrogen-bond donors (Lipinski definition) is 0. The van der Waals surface area contributed by atoms with Gasteiger partial charge in [-0.1, -0.05) is 192 Å². The van der Waals surface area contributed by atoms with Gasteiger partial charge in [0.05, 0.1) is 24.9 Å². The maximum absolute atomic E-state index is 6.13. The first kappa shape index (κ1) is 48.5. The van der Waals surface area contributed by atoms with Gasteiger partial charge >= 0.3 is 0 Å². The van der Waals surface area contributed by atoms with Crippen LogP contribution in [0.15, 0.2) is 156 Å². The fourth-order valence-electron chi connectivity index (χ4n) is 9.07. The van der Waals surface area contributed by atoms with E-state index in [1.54, 1.807) is 0 Å². The molecule has 0 saturated heterocycles. The minimum absolute atomic E-state index is 0. The van der Waals surface area contributed by atoms with Gasteiger partial charge in [0.2, 0.25) is 0 Å². The van der Waals surface area contributed by atoms with Gasteiger partial charge in [-0.15, -0.1) is 42.0 Å². The van der Waals surface area contributed by atoms with E-state index in [0.717, 1.165) is 51.1 Å². The van der Waals surface area contributed by atoms with Crippen molar-refractivity contribution in [3.63, 3.8) is 0 Å². The van der Waals surface area contributed by atoms with Gasteiger partial charge in [0, 0.05) is 43.8 Å². The molecule has 0 aliphatic heterocycles. The Hall–Kier alpha value is -5.44. The molecule has 6 aromatic carbocycles. The van der Waals surface area contributed by atoms with Crippen molar-refractivity contribution in [3.8, 4) is 39.5 Å². The van der Waals surface area contributed by atoms with Gasteiger partial charge in [-0.3, -0.25) is 4.98 Å². The smallest absolute Gasteiger partial charge is 0.111 e. The standard InChI is InChI=1S/C41H39N2OSi.C18H24NSi.Ir/c1-27(2)33-23-30(29-15-9-7-10-16-29)24-34(28(3)4)40(33)43-38-20-14-13-19-37(38)42-41(43)36-26-44-39-22-21-32(25-35(36)39)45(5,6)31-17-11-8-12-18-31;1-14(2)11-16-12-17(15-9-7-6-8-10-15)19-13-18(16)20(3,4)5;/h7-25,27-28H,1-6H3;6-9,12-14H,11H2,1-5H3;/q2*-1;. The molecular weight excluding hydrogens is 1020 g/mol. The van der Waals surface area contributed by atoms with Gasteiger partial charge in [-0.2, -0.15) is 0 Å². The number of benzene rings is 6. The van der Waals surface area contributed by atoms with Crippen molar-refractivity contribution in [2.45, 2.75) is 92.5 Å². The van der Waals surface area contributed by atoms with E-state index in [1.807, 2.05) is 18.2 Å². The minimum atomic E-state index is -1.95. The van der Waals surface area contributed by atoms with Crippen LogP contribution in [-0.4, -0.2) is 30.7 Å². The third-order valence-electron chi connectivity index (χ3n) is 12.7. The summed E-state index contributed by atoms with van der Waals surface area (Å²) in [4.78, 5) is 9.98. The fourth-order valence-corrected chi connectivity index (χ4v) is 13.0. The number of hydrogen-bond acceptors (Lipinski definition) is 3. The number of rotatable bonds is 11. The first-order valence-electron chi connectivity index (χ1n) is 23.3.